The van der Waals surface area contributed by atoms with Crippen molar-refractivity contribution in [3.63, 3.8) is 0 Å². The second kappa shape index (κ2) is 9.58. The van der Waals surface area contributed by atoms with Crippen LogP contribution in [-0.4, -0.2) is 15.5 Å². The molecule has 34 heavy (non-hydrogen) atoms. The highest BCUT2D eigenvalue weighted by Crippen LogP contribution is 2.36. The molecule has 1 heterocycles. The maximum absolute atomic E-state index is 13.3. The van der Waals surface area contributed by atoms with Crippen molar-refractivity contribution in [2.24, 2.45) is 0 Å². The summed E-state index contributed by atoms with van der Waals surface area (Å²) in [5, 5.41) is 0.841. The van der Waals surface area contributed by atoms with Crippen LogP contribution in [0.2, 0.25) is 15.1 Å². The monoisotopic (exact) mass is 524 g/mol. The average Bonchev–Trinajstić information content (AvgIpc) is 3.23. The van der Waals surface area contributed by atoms with Crippen LogP contribution >= 0.6 is 34.8 Å². The number of alkyl halides is 3. The van der Waals surface area contributed by atoms with E-state index in [0.717, 1.165) is 12.1 Å². The summed E-state index contributed by atoms with van der Waals surface area (Å²) in [5.74, 6) is -0.398. The Hall–Kier alpha value is -3.20. The first-order valence-corrected chi connectivity index (χ1v) is 10.8. The minimum atomic E-state index is -4.68. The lowest BCUT2D eigenvalue weighted by Crippen LogP contribution is -2.30. The van der Waals surface area contributed by atoms with Gasteiger partial charge in [0.2, 0.25) is 0 Å². The van der Waals surface area contributed by atoms with E-state index in [1.54, 1.807) is 53.1 Å². The first-order chi connectivity index (χ1) is 16.1. The largest absolute Gasteiger partial charge is 0.418 e. The molecule has 0 unspecified atom stereocenters. The molecule has 0 saturated carbocycles. The van der Waals surface area contributed by atoms with Gasteiger partial charge < -0.3 is 0 Å². The van der Waals surface area contributed by atoms with E-state index in [-0.39, 0.29) is 16.4 Å². The number of imidazole rings is 1. The maximum Gasteiger partial charge on any atom is 0.418 e. The van der Waals surface area contributed by atoms with E-state index in [0.29, 0.717) is 27.1 Å². The molecule has 4 rings (SSSR count). The van der Waals surface area contributed by atoms with Crippen LogP contribution in [-0.2, 0) is 6.18 Å². The Labute approximate surface area is 207 Å². The van der Waals surface area contributed by atoms with E-state index in [1.807, 2.05) is 0 Å². The molecule has 1 amide bonds. The highest BCUT2D eigenvalue weighted by Gasteiger charge is 2.34. The lowest BCUT2D eigenvalue weighted by atomic mass is 10.2. The predicted octanol–water partition coefficient (Wildman–Crippen LogP) is 7.28. The molecule has 0 aliphatic carbocycles. The maximum atomic E-state index is 13.3. The third kappa shape index (κ3) is 5.14. The number of carbonyl (C=O) groups is 1. The summed E-state index contributed by atoms with van der Waals surface area (Å²) >= 11 is 18.0. The summed E-state index contributed by atoms with van der Waals surface area (Å²) < 4.78 is 41.6. The predicted molar refractivity (Wildman–Crippen MR) is 127 cm³/mol. The molecule has 0 spiro atoms. The Kier molecular flexibility index (Phi) is 6.74. The van der Waals surface area contributed by atoms with Gasteiger partial charge in [-0.15, -0.1) is 0 Å². The molecule has 0 fully saturated rings. The number of benzene rings is 3. The lowest BCUT2D eigenvalue weighted by Gasteiger charge is -2.15. The minimum Gasteiger partial charge on any atom is -0.299 e. The Morgan fingerprint density at radius 2 is 1.59 bits per heavy atom. The summed E-state index contributed by atoms with van der Waals surface area (Å²) in [6.45, 7) is 0. The molecule has 4 aromatic rings. The molecule has 2 N–H and O–H groups in total. The Balaban J connectivity index is 1.68. The van der Waals surface area contributed by atoms with Crippen LogP contribution in [0.5, 0.6) is 0 Å². The molecule has 0 radical (unpaired) electrons. The molecule has 174 valence electrons. The van der Waals surface area contributed by atoms with Gasteiger partial charge in [0, 0.05) is 27.5 Å². The van der Waals surface area contributed by atoms with Crippen molar-refractivity contribution < 1.29 is 18.0 Å². The number of carbonyl (C=O) groups excluding carboxylic acids is 1. The van der Waals surface area contributed by atoms with Crippen molar-refractivity contribution in [3.8, 4) is 17.1 Å². The van der Waals surface area contributed by atoms with Gasteiger partial charge in [0.1, 0.15) is 11.5 Å². The van der Waals surface area contributed by atoms with Gasteiger partial charge in [-0.3, -0.25) is 20.2 Å². The van der Waals surface area contributed by atoms with Crippen molar-refractivity contribution in [2.45, 2.75) is 6.18 Å². The number of hydrazine groups is 1. The minimum absolute atomic E-state index is 0.0557. The molecular weight excluding hydrogens is 512 g/mol. The average molecular weight is 526 g/mol. The molecule has 0 atom stereocenters. The number of hydrogen-bond acceptors (Lipinski definition) is 3. The molecule has 11 heteroatoms. The van der Waals surface area contributed by atoms with Gasteiger partial charge in [-0.05, 0) is 54.6 Å². The number of halogens is 6. The van der Waals surface area contributed by atoms with Gasteiger partial charge in [-0.1, -0.05) is 46.9 Å². The van der Waals surface area contributed by atoms with Gasteiger partial charge >= 0.3 is 6.18 Å². The van der Waals surface area contributed by atoms with Crippen LogP contribution < -0.4 is 10.9 Å². The van der Waals surface area contributed by atoms with E-state index in [2.05, 4.69) is 15.8 Å². The number of amides is 1. The number of rotatable bonds is 5. The third-order valence-electron chi connectivity index (χ3n) is 4.76. The number of hydrogen-bond donors (Lipinski definition) is 2. The fourth-order valence-corrected chi connectivity index (χ4v) is 3.69. The van der Waals surface area contributed by atoms with Gasteiger partial charge in [-0.2, -0.15) is 13.2 Å². The van der Waals surface area contributed by atoms with Crippen molar-refractivity contribution in [1.82, 2.24) is 15.0 Å². The third-order valence-corrected chi connectivity index (χ3v) is 5.57. The highest BCUT2D eigenvalue weighted by atomic mass is 35.5. The highest BCUT2D eigenvalue weighted by molar-refractivity contribution is 6.33. The first-order valence-electron chi connectivity index (χ1n) is 9.67. The second-order valence-corrected chi connectivity index (χ2v) is 8.32. The van der Waals surface area contributed by atoms with Crippen LogP contribution in [0.4, 0.5) is 18.9 Å². The fourth-order valence-electron chi connectivity index (χ4n) is 3.17. The van der Waals surface area contributed by atoms with Crippen molar-refractivity contribution in [3.05, 3.63) is 99.3 Å². The topological polar surface area (TPSA) is 59.0 Å². The molecule has 0 aliphatic rings. The molecular formula is C23H14Cl3F3N4O. The van der Waals surface area contributed by atoms with Crippen molar-refractivity contribution >= 4 is 46.4 Å². The summed E-state index contributed by atoms with van der Waals surface area (Å²) in [7, 11) is 0. The normalized spacial score (nSPS) is 11.4. The van der Waals surface area contributed by atoms with Crippen LogP contribution in [0, 0.1) is 0 Å². The summed E-state index contributed by atoms with van der Waals surface area (Å²) in [6.07, 6.45) is -3.23. The quantitative estimate of drug-likeness (QED) is 0.269. The Bertz CT molecular complexity index is 1350. The summed E-state index contributed by atoms with van der Waals surface area (Å²) in [5.41, 5.74) is 4.31. The lowest BCUT2D eigenvalue weighted by molar-refractivity contribution is -0.137. The van der Waals surface area contributed by atoms with Crippen molar-refractivity contribution in [1.29, 1.82) is 0 Å². The van der Waals surface area contributed by atoms with Gasteiger partial charge in [0.15, 0.2) is 0 Å². The molecule has 1 aromatic heterocycles. The van der Waals surface area contributed by atoms with E-state index < -0.39 is 17.6 Å². The molecule has 0 saturated heterocycles. The Morgan fingerprint density at radius 1 is 0.912 bits per heavy atom. The number of aromatic nitrogens is 2. The van der Waals surface area contributed by atoms with E-state index in [9.17, 15) is 18.0 Å². The molecule has 5 nitrogen and oxygen atoms in total. The summed E-state index contributed by atoms with van der Waals surface area (Å²) in [4.78, 5) is 17.2. The smallest absolute Gasteiger partial charge is 0.299 e. The number of anilines is 1. The number of nitrogens with zero attached hydrogens (tertiary/aromatic N) is 2. The standard InChI is InChI=1S/C23H14Cl3F3N4O/c24-13-5-8-15(9-6-13)33-12-20(30-21(33)16-3-1-2-4-18(16)26)22(34)32-31-19-10-7-14(25)11-17(19)23(27,28)29/h1-12,31H,(H,32,34). The zero-order valence-electron chi connectivity index (χ0n) is 17.0. The number of nitrogens with one attached hydrogen (secondary N) is 2. The Morgan fingerprint density at radius 3 is 2.26 bits per heavy atom. The van der Waals surface area contributed by atoms with Crippen LogP contribution in [0.3, 0.4) is 0 Å². The summed E-state index contributed by atoms with van der Waals surface area (Å²) in [6, 6.07) is 16.9. The zero-order valence-corrected chi connectivity index (χ0v) is 19.3. The molecule has 0 bridgehead atoms. The van der Waals surface area contributed by atoms with E-state index in [1.165, 1.54) is 12.3 Å². The fraction of sp³-hybridized carbons (Fsp3) is 0.0435. The zero-order chi connectivity index (χ0) is 24.5. The first kappa shape index (κ1) is 23.9. The van der Waals surface area contributed by atoms with Gasteiger partial charge in [0.25, 0.3) is 5.91 Å². The molecule has 3 aromatic carbocycles. The van der Waals surface area contributed by atoms with Crippen LogP contribution in [0.1, 0.15) is 16.1 Å². The van der Waals surface area contributed by atoms with Gasteiger partial charge in [0.05, 0.1) is 16.3 Å². The second-order valence-electron chi connectivity index (χ2n) is 7.04. The van der Waals surface area contributed by atoms with Gasteiger partial charge in [-0.25, -0.2) is 4.98 Å². The SMILES string of the molecule is O=C(NNc1ccc(Cl)cc1C(F)(F)F)c1cn(-c2ccc(Cl)cc2)c(-c2ccccc2Cl)n1. The van der Waals surface area contributed by atoms with E-state index in [4.69, 9.17) is 34.8 Å². The van der Waals surface area contributed by atoms with E-state index >= 15 is 0 Å². The van der Waals surface area contributed by atoms with Crippen LogP contribution in [0.15, 0.2) is 72.9 Å². The van der Waals surface area contributed by atoms with Crippen molar-refractivity contribution in [2.75, 3.05) is 5.43 Å². The molecule has 0 aliphatic heterocycles. The van der Waals surface area contributed by atoms with Crippen LogP contribution in [0.25, 0.3) is 17.1 Å².